The maximum absolute atomic E-state index is 16.4. The van der Waals surface area contributed by atoms with Gasteiger partial charge < -0.3 is 25.8 Å². The van der Waals surface area contributed by atoms with Gasteiger partial charge in [0.1, 0.15) is 17.6 Å². The number of carbonyl (C=O) groups excluding carboxylic acids is 5. The molecule has 2 aromatic carbocycles. The molecule has 1 unspecified atom stereocenters. The Balaban J connectivity index is 0.850. The second-order valence-electron chi connectivity index (χ2n) is 21.2. The molecule has 5 aliphatic heterocycles. The average Bonchev–Trinajstić information content (AvgIpc) is 4.06. The van der Waals surface area contributed by atoms with Crippen LogP contribution in [0, 0.1) is 16.6 Å². The Morgan fingerprint density at radius 3 is 2.42 bits per heavy atom. The molecular weight excluding hydrogens is 878 g/mol. The number of piperidine rings is 1. The third-order valence-corrected chi connectivity index (χ3v) is 16.4. The first-order chi connectivity index (χ1) is 31.2. The molecule has 17 heteroatoms. The van der Waals surface area contributed by atoms with Gasteiger partial charge in [-0.1, -0.05) is 56.6 Å². The fourth-order valence-electron chi connectivity index (χ4n) is 12.8. The number of imide groups is 1. The normalized spacial score (nSPS) is 31.6. The maximum Gasteiger partial charge on any atom is 0.433 e. The molecule has 11 rings (SSSR count). The number of nitrogens with one attached hydrogen (secondary N) is 4. The number of amides is 5. The van der Waals surface area contributed by atoms with Crippen LogP contribution < -0.4 is 21.3 Å². The van der Waals surface area contributed by atoms with E-state index in [2.05, 4.69) is 26.3 Å². The molecule has 6 heterocycles. The second kappa shape index (κ2) is 15.7. The zero-order valence-electron chi connectivity index (χ0n) is 37.2. The molecule has 1 aromatic heterocycles. The summed E-state index contributed by atoms with van der Waals surface area (Å²) in [5, 5.41) is 12.4. The Bertz CT molecular complexity index is 2540. The number of benzene rings is 2. The third kappa shape index (κ3) is 7.35. The van der Waals surface area contributed by atoms with Crippen LogP contribution in [0.25, 0.3) is 0 Å². The number of carbonyl (C=O) groups is 5. The first kappa shape index (κ1) is 44.7. The van der Waals surface area contributed by atoms with E-state index in [1.165, 1.54) is 12.3 Å². The number of hydrogen-bond acceptors (Lipinski definition) is 8. The second-order valence-corrected chi connectivity index (χ2v) is 21.6. The van der Waals surface area contributed by atoms with Crippen molar-refractivity contribution in [2.45, 2.75) is 139 Å². The number of fused-ring (bicyclic) bond motifs is 6. The number of hydrogen-bond donors (Lipinski definition) is 4. The van der Waals surface area contributed by atoms with E-state index in [1.54, 1.807) is 17.0 Å². The molecule has 5 amide bonds. The smallest absolute Gasteiger partial charge is 0.384 e. The lowest BCUT2D eigenvalue weighted by Gasteiger charge is -2.53. The number of alkyl halides is 3. The lowest BCUT2D eigenvalue weighted by atomic mass is 9.56. The number of rotatable bonds is 7. The zero-order valence-corrected chi connectivity index (χ0v) is 37.9. The number of pyridine rings is 1. The van der Waals surface area contributed by atoms with E-state index in [1.807, 2.05) is 43.9 Å². The van der Waals surface area contributed by atoms with Gasteiger partial charge in [0.2, 0.25) is 23.6 Å². The highest BCUT2D eigenvalue weighted by Crippen LogP contribution is 2.58. The van der Waals surface area contributed by atoms with Gasteiger partial charge >= 0.3 is 6.18 Å². The minimum Gasteiger partial charge on any atom is -0.384 e. The highest BCUT2D eigenvalue weighted by Gasteiger charge is 2.63. The zero-order chi connectivity index (χ0) is 46.7. The van der Waals surface area contributed by atoms with E-state index in [0.29, 0.717) is 75.6 Å². The van der Waals surface area contributed by atoms with Crippen molar-refractivity contribution in [3.8, 4) is 0 Å². The van der Waals surface area contributed by atoms with E-state index >= 15 is 4.39 Å². The van der Waals surface area contributed by atoms with Crippen LogP contribution in [-0.2, 0) is 37.3 Å². The van der Waals surface area contributed by atoms with Crippen molar-refractivity contribution in [2.24, 2.45) is 10.8 Å². The first-order valence-electron chi connectivity index (χ1n) is 23.1. The number of nitrogens with zero attached hydrogens (tertiary/aromatic N) is 3. The summed E-state index contributed by atoms with van der Waals surface area (Å²) < 4.78 is 58.1. The van der Waals surface area contributed by atoms with Gasteiger partial charge in [0.25, 0.3) is 5.91 Å². The Hall–Kier alpha value is -5.09. The fourth-order valence-corrected chi connectivity index (χ4v) is 12.9. The van der Waals surface area contributed by atoms with Crippen molar-refractivity contribution in [1.82, 2.24) is 30.7 Å². The summed E-state index contributed by atoms with van der Waals surface area (Å²) >= 11 is 6.41. The molecule has 66 heavy (non-hydrogen) atoms. The summed E-state index contributed by atoms with van der Waals surface area (Å²) in [6.07, 6.45) is 1.84. The highest BCUT2D eigenvalue weighted by molar-refractivity contribution is 6.30. The van der Waals surface area contributed by atoms with Crippen molar-refractivity contribution in [2.75, 3.05) is 25.0 Å². The number of halogens is 5. The SMILES string of the molecule is CC(C)(C)C[C@@H]1N[C@@H](C(=O)NC23CCC(C(=O)N4CC[C@H](c5ccc6c(c5)CN(C5CCC(=O)NC5=O)C6=O)C4)(CC2)CC3)[C@H](c2cccc(Cl)c2F)[C@]12CNc1cc(C(F)(F)F)ncc12. The van der Waals surface area contributed by atoms with Crippen LogP contribution in [0.5, 0.6) is 0 Å². The van der Waals surface area contributed by atoms with Gasteiger partial charge in [0, 0.05) is 89.9 Å². The highest BCUT2D eigenvalue weighted by atomic mass is 35.5. The molecule has 3 aliphatic carbocycles. The summed E-state index contributed by atoms with van der Waals surface area (Å²) in [7, 11) is 0. The topological polar surface area (TPSA) is 153 Å². The molecule has 1 spiro atoms. The van der Waals surface area contributed by atoms with Crippen molar-refractivity contribution >= 4 is 46.8 Å². The molecule has 4 N–H and O–H groups in total. The monoisotopic (exact) mass is 931 g/mol. The largest absolute Gasteiger partial charge is 0.433 e. The summed E-state index contributed by atoms with van der Waals surface area (Å²) in [6, 6.07) is 9.29. The van der Waals surface area contributed by atoms with Gasteiger partial charge in [-0.15, -0.1) is 0 Å². The van der Waals surface area contributed by atoms with Crippen molar-refractivity contribution in [1.29, 1.82) is 0 Å². The average molecular weight is 932 g/mol. The van der Waals surface area contributed by atoms with Crippen molar-refractivity contribution < 1.29 is 41.5 Å². The van der Waals surface area contributed by atoms with Gasteiger partial charge in [-0.05, 0) is 98.1 Å². The molecule has 350 valence electrons. The van der Waals surface area contributed by atoms with Gasteiger partial charge in [-0.25, -0.2) is 4.39 Å². The molecule has 3 saturated carbocycles. The molecular formula is C49H54ClF4N7O5. The predicted molar refractivity (Wildman–Crippen MR) is 236 cm³/mol. The van der Waals surface area contributed by atoms with Gasteiger partial charge in [0.15, 0.2) is 0 Å². The fraction of sp³-hybridized carbons (Fsp3) is 0.551. The van der Waals surface area contributed by atoms with Crippen molar-refractivity contribution in [3.63, 3.8) is 0 Å². The Kier molecular flexibility index (Phi) is 10.7. The molecule has 0 radical (unpaired) electrons. The summed E-state index contributed by atoms with van der Waals surface area (Å²) in [6.45, 7) is 7.72. The molecule has 2 bridgehead atoms. The van der Waals surface area contributed by atoms with Crippen LogP contribution >= 0.6 is 11.6 Å². The van der Waals surface area contributed by atoms with E-state index in [-0.39, 0.29) is 70.7 Å². The standard InChI is InChI=1S/C49H54ClF4N7O5/c1-45(2,3)21-36-48(25-56-33-20-35(49(52,53)54)55-22-31(33)48)38(30-5-4-6-32(50)39(30)51)40(57-36)42(64)59-47-15-12-46(13-16-47,14-17-47)44(66)60-18-11-27(23-60)26-7-8-29-28(19-26)24-61(43(29)65)34-9-10-37(62)58-41(34)63/h4-8,19-20,22,27,34,36,38,40,56-57H,9-18,21,23-25H2,1-3H3,(H,59,64)(H,58,62,63)/t27-,34?,36-,38-,40+,46?,47?,48-/m0/s1. The molecule has 12 nitrogen and oxygen atoms in total. The molecule has 6 fully saturated rings. The lowest BCUT2D eigenvalue weighted by molar-refractivity contribution is -0.149. The van der Waals surface area contributed by atoms with Gasteiger partial charge in [-0.2, -0.15) is 13.2 Å². The van der Waals surface area contributed by atoms with Crippen LogP contribution in [-0.4, -0.2) is 87.6 Å². The molecule has 3 aromatic rings. The van der Waals surface area contributed by atoms with Gasteiger partial charge in [0.05, 0.1) is 11.1 Å². The Labute approximate surface area is 385 Å². The minimum absolute atomic E-state index is 0.0760. The Morgan fingerprint density at radius 1 is 0.985 bits per heavy atom. The minimum atomic E-state index is -4.68. The van der Waals surface area contributed by atoms with Crippen LogP contribution in [0.3, 0.4) is 0 Å². The number of likely N-dealkylation sites (tertiary alicyclic amines) is 1. The van der Waals surface area contributed by atoms with E-state index in [0.717, 1.165) is 23.6 Å². The number of aromatic nitrogens is 1. The van der Waals surface area contributed by atoms with Crippen molar-refractivity contribution in [3.05, 3.63) is 93.0 Å². The van der Waals surface area contributed by atoms with Crippen LogP contribution in [0.1, 0.15) is 135 Å². The summed E-state index contributed by atoms with van der Waals surface area (Å²) in [4.78, 5) is 74.5. The first-order valence-corrected chi connectivity index (χ1v) is 23.5. The summed E-state index contributed by atoms with van der Waals surface area (Å²) in [5.74, 6) is -2.70. The van der Waals surface area contributed by atoms with E-state index in [4.69, 9.17) is 11.6 Å². The number of anilines is 1. The van der Waals surface area contributed by atoms with E-state index < -0.39 is 64.0 Å². The molecule has 3 saturated heterocycles. The quantitative estimate of drug-likeness (QED) is 0.145. The molecule has 8 aliphatic rings. The van der Waals surface area contributed by atoms with E-state index in [9.17, 15) is 37.1 Å². The van der Waals surface area contributed by atoms with Crippen LogP contribution in [0.2, 0.25) is 5.02 Å². The predicted octanol–water partition coefficient (Wildman–Crippen LogP) is 7.10. The van der Waals surface area contributed by atoms with Crippen LogP contribution in [0.4, 0.5) is 23.2 Å². The third-order valence-electron chi connectivity index (χ3n) is 16.2. The van der Waals surface area contributed by atoms with Crippen LogP contribution in [0.15, 0.2) is 48.7 Å². The molecule has 6 atom stereocenters. The lowest BCUT2D eigenvalue weighted by Crippen LogP contribution is -2.62. The van der Waals surface area contributed by atoms with Gasteiger partial charge in [-0.3, -0.25) is 34.3 Å². The summed E-state index contributed by atoms with van der Waals surface area (Å²) in [5.41, 5.74) is -0.223. The Morgan fingerprint density at radius 2 is 1.73 bits per heavy atom. The maximum atomic E-state index is 16.4.